The first-order valence-electron chi connectivity index (χ1n) is 11.5. The van der Waals surface area contributed by atoms with Crippen molar-refractivity contribution in [2.24, 2.45) is 0 Å². The van der Waals surface area contributed by atoms with E-state index in [9.17, 15) is 9.18 Å². The smallest absolute Gasteiger partial charge is 0.323 e. The lowest BCUT2D eigenvalue weighted by atomic mass is 10.1. The number of urea groups is 1. The summed E-state index contributed by atoms with van der Waals surface area (Å²) in [4.78, 5) is 18.7. The Morgan fingerprint density at radius 2 is 1.62 bits per heavy atom. The lowest BCUT2D eigenvalue weighted by molar-refractivity contribution is 0.262. The Hall–Kier alpha value is -3.88. The van der Waals surface area contributed by atoms with Gasteiger partial charge in [0.2, 0.25) is 0 Å². The lowest BCUT2D eigenvalue weighted by Crippen LogP contribution is -2.19. The molecule has 37 heavy (non-hydrogen) atoms. The van der Waals surface area contributed by atoms with Crippen LogP contribution >= 0.6 is 23.1 Å². The number of halogens is 1. The number of thiazole rings is 1. The van der Waals surface area contributed by atoms with Gasteiger partial charge in [0.15, 0.2) is 5.75 Å². The van der Waals surface area contributed by atoms with Gasteiger partial charge in [0.25, 0.3) is 0 Å². The Morgan fingerprint density at radius 1 is 0.919 bits per heavy atom. The van der Waals surface area contributed by atoms with E-state index in [2.05, 4.69) is 16.7 Å². The Labute approximate surface area is 222 Å². The molecule has 4 aromatic carbocycles. The number of amides is 2. The molecule has 2 amide bonds. The molecule has 2 N–H and O–H groups in total. The average molecular weight is 530 g/mol. The summed E-state index contributed by atoms with van der Waals surface area (Å²) in [5, 5.41) is 6.54. The summed E-state index contributed by atoms with van der Waals surface area (Å²) in [5.41, 5.74) is 4.85. The molecule has 5 nitrogen and oxygen atoms in total. The second-order valence-corrected chi connectivity index (χ2v) is 10.5. The van der Waals surface area contributed by atoms with Crippen LogP contribution < -0.4 is 15.4 Å². The maximum Gasteiger partial charge on any atom is 0.323 e. The Morgan fingerprint density at radius 3 is 2.30 bits per heavy atom. The SMILES string of the molecule is CSc1ccc(NC(=O)Nc2cc3nc(-c4ccc(F)cc4)sc3cc2Oc2cc(C)cc(C)c2)cc1. The Balaban J connectivity index is 1.49. The second kappa shape index (κ2) is 10.6. The number of thioether (sulfide) groups is 1. The van der Waals surface area contributed by atoms with Gasteiger partial charge in [0.05, 0.1) is 15.9 Å². The molecule has 0 aliphatic carbocycles. The Bertz CT molecular complexity index is 1560. The van der Waals surface area contributed by atoms with E-state index in [4.69, 9.17) is 9.72 Å². The van der Waals surface area contributed by atoms with Crippen LogP contribution in [0.2, 0.25) is 0 Å². The van der Waals surface area contributed by atoms with Crippen molar-refractivity contribution in [2.45, 2.75) is 18.7 Å². The number of nitrogens with one attached hydrogen (secondary N) is 2. The molecule has 0 atom stereocenters. The number of fused-ring (bicyclic) bond motifs is 1. The van der Waals surface area contributed by atoms with E-state index < -0.39 is 6.03 Å². The van der Waals surface area contributed by atoms with E-state index >= 15 is 0 Å². The molecule has 5 aromatic rings. The van der Waals surface area contributed by atoms with Crippen molar-refractivity contribution in [2.75, 3.05) is 16.9 Å². The zero-order valence-corrected chi connectivity index (χ0v) is 22.1. The molecule has 0 radical (unpaired) electrons. The summed E-state index contributed by atoms with van der Waals surface area (Å²) >= 11 is 3.11. The van der Waals surface area contributed by atoms with Crippen molar-refractivity contribution < 1.29 is 13.9 Å². The normalized spacial score (nSPS) is 10.9. The van der Waals surface area contributed by atoms with E-state index in [-0.39, 0.29) is 5.82 Å². The van der Waals surface area contributed by atoms with Crippen LogP contribution in [0.1, 0.15) is 11.1 Å². The highest BCUT2D eigenvalue weighted by molar-refractivity contribution is 7.98. The molecule has 0 fully saturated rings. The molecule has 5 rings (SSSR count). The third-order valence-electron chi connectivity index (χ3n) is 5.60. The first kappa shape index (κ1) is 24.8. The number of anilines is 2. The van der Waals surface area contributed by atoms with E-state index in [0.29, 0.717) is 28.4 Å². The van der Waals surface area contributed by atoms with Gasteiger partial charge >= 0.3 is 6.03 Å². The molecule has 0 saturated carbocycles. The molecule has 0 bridgehead atoms. The number of aryl methyl sites for hydroxylation is 2. The Kier molecular flexibility index (Phi) is 7.12. The van der Waals surface area contributed by atoms with Gasteiger partial charge in [-0.2, -0.15) is 0 Å². The van der Waals surface area contributed by atoms with Gasteiger partial charge in [-0.05, 0) is 98.0 Å². The predicted molar refractivity (Wildman–Crippen MR) is 152 cm³/mol. The van der Waals surface area contributed by atoms with Crippen LogP contribution in [0.4, 0.5) is 20.6 Å². The summed E-state index contributed by atoms with van der Waals surface area (Å²) in [7, 11) is 0. The van der Waals surface area contributed by atoms with Gasteiger partial charge in [0.1, 0.15) is 16.6 Å². The zero-order chi connectivity index (χ0) is 25.9. The maximum atomic E-state index is 13.4. The molecule has 0 spiro atoms. The van der Waals surface area contributed by atoms with E-state index in [1.807, 2.05) is 62.6 Å². The summed E-state index contributed by atoms with van der Waals surface area (Å²) in [6.45, 7) is 4.02. The highest BCUT2D eigenvalue weighted by Gasteiger charge is 2.15. The fourth-order valence-electron chi connectivity index (χ4n) is 3.93. The maximum absolute atomic E-state index is 13.4. The van der Waals surface area contributed by atoms with Crippen LogP contribution in [-0.4, -0.2) is 17.3 Å². The quantitative estimate of drug-likeness (QED) is 0.216. The molecular formula is C29H24FN3O2S2. The second-order valence-electron chi connectivity index (χ2n) is 8.58. The van der Waals surface area contributed by atoms with Crippen molar-refractivity contribution in [1.29, 1.82) is 0 Å². The fourth-order valence-corrected chi connectivity index (χ4v) is 5.32. The summed E-state index contributed by atoms with van der Waals surface area (Å²) in [5.74, 6) is 0.880. The van der Waals surface area contributed by atoms with Gasteiger partial charge in [-0.3, -0.25) is 0 Å². The number of nitrogens with zero attached hydrogens (tertiary/aromatic N) is 1. The number of hydrogen-bond acceptors (Lipinski definition) is 5. The van der Waals surface area contributed by atoms with Crippen LogP contribution in [-0.2, 0) is 0 Å². The number of benzene rings is 4. The number of hydrogen-bond donors (Lipinski definition) is 2. The standard InChI is InChI=1S/C29H24FN3O2S2/c1-17-12-18(2)14-22(13-17)35-26-16-27-25(32-28(37-27)19-4-6-20(30)7-5-19)15-24(26)33-29(34)31-21-8-10-23(36-3)11-9-21/h4-16H,1-3H3,(H2,31,33,34). The molecule has 186 valence electrons. The van der Waals surface area contributed by atoms with E-state index in [1.165, 1.54) is 23.5 Å². The summed E-state index contributed by atoms with van der Waals surface area (Å²) < 4.78 is 20.6. The zero-order valence-electron chi connectivity index (χ0n) is 20.5. The predicted octanol–water partition coefficient (Wildman–Crippen LogP) is 8.88. The molecule has 0 aliphatic heterocycles. The number of rotatable bonds is 6. The van der Waals surface area contributed by atoms with Crippen molar-refractivity contribution in [1.82, 2.24) is 4.98 Å². The summed E-state index contributed by atoms with van der Waals surface area (Å²) in [6, 6.07) is 23.1. The van der Waals surface area contributed by atoms with Gasteiger partial charge < -0.3 is 15.4 Å². The van der Waals surface area contributed by atoms with Crippen molar-refractivity contribution in [3.05, 3.63) is 95.8 Å². The number of carbonyl (C=O) groups is 1. The van der Waals surface area contributed by atoms with Crippen LogP contribution in [0, 0.1) is 19.7 Å². The molecule has 1 aromatic heterocycles. The number of carbonyl (C=O) groups excluding carboxylic acids is 1. The molecule has 1 heterocycles. The number of ether oxygens (including phenoxy) is 1. The molecular weight excluding hydrogens is 505 g/mol. The van der Waals surface area contributed by atoms with Crippen molar-refractivity contribution >= 4 is 50.7 Å². The monoisotopic (exact) mass is 529 g/mol. The molecule has 0 aliphatic rings. The average Bonchev–Trinajstić information content (AvgIpc) is 3.27. The van der Waals surface area contributed by atoms with Crippen LogP contribution in [0.25, 0.3) is 20.8 Å². The van der Waals surface area contributed by atoms with Crippen LogP contribution in [0.3, 0.4) is 0 Å². The van der Waals surface area contributed by atoms with E-state index in [1.54, 1.807) is 30.0 Å². The minimum Gasteiger partial charge on any atom is -0.455 e. The minimum atomic E-state index is -0.393. The molecule has 0 unspecified atom stereocenters. The third kappa shape index (κ3) is 5.93. The van der Waals surface area contributed by atoms with Crippen LogP contribution in [0.5, 0.6) is 11.5 Å². The van der Waals surface area contributed by atoms with Gasteiger partial charge in [0, 0.05) is 22.2 Å². The number of aromatic nitrogens is 1. The third-order valence-corrected chi connectivity index (χ3v) is 7.41. The van der Waals surface area contributed by atoms with Crippen molar-refractivity contribution in [3.8, 4) is 22.1 Å². The lowest BCUT2D eigenvalue weighted by Gasteiger charge is -2.14. The first-order valence-corrected chi connectivity index (χ1v) is 13.6. The largest absolute Gasteiger partial charge is 0.455 e. The highest BCUT2D eigenvalue weighted by atomic mass is 32.2. The topological polar surface area (TPSA) is 63.2 Å². The molecule has 8 heteroatoms. The van der Waals surface area contributed by atoms with Gasteiger partial charge in [-0.1, -0.05) is 6.07 Å². The van der Waals surface area contributed by atoms with E-state index in [0.717, 1.165) is 31.3 Å². The highest BCUT2D eigenvalue weighted by Crippen LogP contribution is 2.39. The molecule has 0 saturated heterocycles. The van der Waals surface area contributed by atoms with Gasteiger partial charge in [-0.15, -0.1) is 23.1 Å². The first-order chi connectivity index (χ1) is 17.9. The fraction of sp³-hybridized carbons (Fsp3) is 0.103. The summed E-state index contributed by atoms with van der Waals surface area (Å²) in [6.07, 6.45) is 2.00. The van der Waals surface area contributed by atoms with Gasteiger partial charge in [-0.25, -0.2) is 14.2 Å². The van der Waals surface area contributed by atoms with Crippen LogP contribution in [0.15, 0.2) is 83.8 Å². The minimum absolute atomic E-state index is 0.297. The van der Waals surface area contributed by atoms with Crippen molar-refractivity contribution in [3.63, 3.8) is 0 Å².